The summed E-state index contributed by atoms with van der Waals surface area (Å²) in [6, 6.07) is 0.409. The van der Waals surface area contributed by atoms with Crippen LogP contribution in [-0.4, -0.2) is 42.1 Å². The fourth-order valence-corrected chi connectivity index (χ4v) is 3.84. The second-order valence-electron chi connectivity index (χ2n) is 5.73. The third kappa shape index (κ3) is 2.69. The third-order valence-corrected chi connectivity index (χ3v) is 5.11. The smallest absolute Gasteiger partial charge is 0.0131 e. The lowest BCUT2D eigenvalue weighted by Gasteiger charge is -2.32. The number of hydrogen-bond acceptors (Lipinski definition) is 3. The summed E-state index contributed by atoms with van der Waals surface area (Å²) in [6.07, 6.45) is 2.64. The van der Waals surface area contributed by atoms with Crippen LogP contribution < -0.4 is 5.73 Å². The molecule has 1 saturated carbocycles. The van der Waals surface area contributed by atoms with Crippen LogP contribution in [0, 0.1) is 11.3 Å². The van der Waals surface area contributed by atoms with Crippen molar-refractivity contribution in [3.8, 4) is 0 Å². The van der Waals surface area contributed by atoms with E-state index in [2.05, 4.69) is 30.5 Å². The Balaban J connectivity index is 1.84. The molecule has 0 aromatic heterocycles. The first-order valence-corrected chi connectivity index (χ1v) is 7.31. The molecule has 0 amide bonds. The van der Waals surface area contributed by atoms with E-state index in [1.54, 1.807) is 0 Å². The van der Waals surface area contributed by atoms with Crippen LogP contribution in [0.3, 0.4) is 0 Å². The molecule has 2 fully saturated rings. The molecule has 2 rings (SSSR count). The van der Waals surface area contributed by atoms with Crippen molar-refractivity contribution in [2.45, 2.75) is 32.7 Å². The molecule has 2 nitrogen and oxygen atoms in total. The Labute approximate surface area is 98.0 Å². The van der Waals surface area contributed by atoms with Crippen LogP contribution in [0.5, 0.6) is 0 Å². The van der Waals surface area contributed by atoms with Crippen molar-refractivity contribution >= 4 is 11.8 Å². The van der Waals surface area contributed by atoms with Gasteiger partial charge in [-0.15, -0.1) is 0 Å². The minimum absolute atomic E-state index is 0.370. The van der Waals surface area contributed by atoms with Crippen LogP contribution in [0.15, 0.2) is 0 Å². The van der Waals surface area contributed by atoms with E-state index in [9.17, 15) is 0 Å². The number of thioether (sulfide) groups is 1. The van der Waals surface area contributed by atoms with Gasteiger partial charge in [0.05, 0.1) is 0 Å². The van der Waals surface area contributed by atoms with E-state index < -0.39 is 0 Å². The van der Waals surface area contributed by atoms with Crippen molar-refractivity contribution in [3.05, 3.63) is 0 Å². The van der Waals surface area contributed by atoms with E-state index in [1.165, 1.54) is 44.0 Å². The van der Waals surface area contributed by atoms with Crippen molar-refractivity contribution in [2.75, 3.05) is 31.1 Å². The molecule has 1 heterocycles. The summed E-state index contributed by atoms with van der Waals surface area (Å²) >= 11 is 2.08. The fourth-order valence-electron chi connectivity index (χ4n) is 2.86. The van der Waals surface area contributed by atoms with Gasteiger partial charge >= 0.3 is 0 Å². The third-order valence-electron chi connectivity index (χ3n) is 4.17. The molecule has 0 aromatic rings. The van der Waals surface area contributed by atoms with E-state index in [1.807, 2.05) is 0 Å². The number of nitrogens with zero attached hydrogens (tertiary/aromatic N) is 1. The van der Waals surface area contributed by atoms with Crippen LogP contribution in [0.2, 0.25) is 0 Å². The average Bonchev–Trinajstić information content (AvgIpc) is 2.47. The summed E-state index contributed by atoms with van der Waals surface area (Å²) in [6.45, 7) is 8.43. The Hall–Kier alpha value is 0.270. The van der Waals surface area contributed by atoms with Gasteiger partial charge in [0.25, 0.3) is 0 Å². The van der Waals surface area contributed by atoms with E-state index in [0.717, 1.165) is 5.92 Å². The van der Waals surface area contributed by atoms with Crippen LogP contribution in [0.4, 0.5) is 0 Å². The second kappa shape index (κ2) is 4.64. The van der Waals surface area contributed by atoms with Crippen molar-refractivity contribution < 1.29 is 0 Å². The van der Waals surface area contributed by atoms with Gasteiger partial charge < -0.3 is 10.6 Å². The van der Waals surface area contributed by atoms with Crippen LogP contribution in [-0.2, 0) is 0 Å². The maximum Gasteiger partial charge on any atom is 0.0131 e. The van der Waals surface area contributed by atoms with Gasteiger partial charge in [0, 0.05) is 37.2 Å². The lowest BCUT2D eigenvalue weighted by atomic mass is 9.85. The van der Waals surface area contributed by atoms with Gasteiger partial charge in [-0.3, -0.25) is 0 Å². The SMILES string of the molecule is CC1(C)CCC(CN2CCSCC2)C1N. The molecule has 0 bridgehead atoms. The molecule has 2 aliphatic rings. The highest BCUT2D eigenvalue weighted by Gasteiger charge is 2.39. The lowest BCUT2D eigenvalue weighted by Crippen LogP contribution is -2.44. The Kier molecular flexibility index (Phi) is 3.63. The number of rotatable bonds is 2. The highest BCUT2D eigenvalue weighted by atomic mass is 32.2. The van der Waals surface area contributed by atoms with Crippen molar-refractivity contribution in [3.63, 3.8) is 0 Å². The van der Waals surface area contributed by atoms with Gasteiger partial charge in [-0.25, -0.2) is 0 Å². The first kappa shape index (κ1) is 11.7. The summed E-state index contributed by atoms with van der Waals surface area (Å²) in [4.78, 5) is 2.61. The van der Waals surface area contributed by atoms with Gasteiger partial charge in [-0.05, 0) is 24.2 Å². The molecule has 2 unspecified atom stereocenters. The first-order chi connectivity index (χ1) is 7.09. The summed E-state index contributed by atoms with van der Waals surface area (Å²) in [5, 5.41) is 0. The first-order valence-electron chi connectivity index (χ1n) is 6.15. The van der Waals surface area contributed by atoms with Crippen molar-refractivity contribution in [1.82, 2.24) is 4.90 Å². The molecule has 3 heteroatoms. The zero-order valence-corrected chi connectivity index (χ0v) is 10.9. The van der Waals surface area contributed by atoms with Gasteiger partial charge in [0.15, 0.2) is 0 Å². The minimum atomic E-state index is 0.370. The van der Waals surface area contributed by atoms with Gasteiger partial charge in [0.2, 0.25) is 0 Å². The molecular weight excluding hydrogens is 204 g/mol. The van der Waals surface area contributed by atoms with Crippen LogP contribution >= 0.6 is 11.8 Å². The van der Waals surface area contributed by atoms with Gasteiger partial charge in [-0.2, -0.15) is 11.8 Å². The second-order valence-corrected chi connectivity index (χ2v) is 6.95. The monoisotopic (exact) mass is 228 g/mol. The molecule has 0 radical (unpaired) electrons. The van der Waals surface area contributed by atoms with E-state index in [0.29, 0.717) is 11.5 Å². The summed E-state index contributed by atoms with van der Waals surface area (Å²) in [5.74, 6) is 3.36. The molecule has 0 aromatic carbocycles. The predicted octanol–water partition coefficient (Wildman–Crippen LogP) is 1.80. The highest BCUT2D eigenvalue weighted by Crippen LogP contribution is 2.40. The standard InChI is InChI=1S/C12H24N2S/c1-12(2)4-3-10(11(12)13)9-14-5-7-15-8-6-14/h10-11H,3-9,13H2,1-2H3. The molecule has 88 valence electrons. The number of hydrogen-bond donors (Lipinski definition) is 1. The highest BCUT2D eigenvalue weighted by molar-refractivity contribution is 7.99. The Morgan fingerprint density at radius 1 is 1.33 bits per heavy atom. The predicted molar refractivity (Wildman–Crippen MR) is 68.2 cm³/mol. The van der Waals surface area contributed by atoms with Crippen molar-refractivity contribution in [1.29, 1.82) is 0 Å². The molecule has 2 atom stereocenters. The quantitative estimate of drug-likeness (QED) is 0.781. The molecule has 1 aliphatic carbocycles. The van der Waals surface area contributed by atoms with Gasteiger partial charge in [-0.1, -0.05) is 13.8 Å². The normalized spacial score (nSPS) is 37.0. The minimum Gasteiger partial charge on any atom is -0.327 e. The van der Waals surface area contributed by atoms with E-state index in [-0.39, 0.29) is 0 Å². The Morgan fingerprint density at radius 2 is 2.00 bits per heavy atom. The topological polar surface area (TPSA) is 29.3 Å². The van der Waals surface area contributed by atoms with E-state index >= 15 is 0 Å². The zero-order valence-electron chi connectivity index (χ0n) is 10.0. The van der Waals surface area contributed by atoms with Crippen molar-refractivity contribution in [2.24, 2.45) is 17.1 Å². The maximum absolute atomic E-state index is 6.34. The molecule has 0 spiro atoms. The zero-order chi connectivity index (χ0) is 10.9. The maximum atomic E-state index is 6.34. The van der Waals surface area contributed by atoms with Gasteiger partial charge in [0.1, 0.15) is 0 Å². The largest absolute Gasteiger partial charge is 0.327 e. The Bertz CT molecular complexity index is 212. The fraction of sp³-hybridized carbons (Fsp3) is 1.00. The number of nitrogens with two attached hydrogens (primary N) is 1. The summed E-state index contributed by atoms with van der Waals surface area (Å²) in [5.41, 5.74) is 6.71. The average molecular weight is 228 g/mol. The van der Waals surface area contributed by atoms with Crippen LogP contribution in [0.1, 0.15) is 26.7 Å². The van der Waals surface area contributed by atoms with Crippen LogP contribution in [0.25, 0.3) is 0 Å². The molecule has 1 saturated heterocycles. The summed E-state index contributed by atoms with van der Waals surface area (Å²) in [7, 11) is 0. The Morgan fingerprint density at radius 3 is 2.53 bits per heavy atom. The van der Waals surface area contributed by atoms with E-state index in [4.69, 9.17) is 5.73 Å². The molecular formula is C12H24N2S. The molecule has 2 N–H and O–H groups in total. The lowest BCUT2D eigenvalue weighted by molar-refractivity contribution is 0.218. The molecule has 1 aliphatic heterocycles. The molecule has 15 heavy (non-hydrogen) atoms. The summed E-state index contributed by atoms with van der Waals surface area (Å²) < 4.78 is 0.